The van der Waals surface area contributed by atoms with Gasteiger partial charge in [-0.05, 0) is 35.7 Å². The zero-order valence-corrected chi connectivity index (χ0v) is 9.91. The van der Waals surface area contributed by atoms with E-state index in [-0.39, 0.29) is 5.82 Å². The van der Waals surface area contributed by atoms with Crippen molar-refractivity contribution in [2.75, 3.05) is 0 Å². The Hall–Kier alpha value is -1.67. The van der Waals surface area contributed by atoms with Gasteiger partial charge in [0.15, 0.2) is 0 Å². The topological polar surface area (TPSA) is 12.0 Å². The average Bonchev–Trinajstić information content (AvgIpc) is 2.34. The molecule has 2 aromatic rings. The first kappa shape index (κ1) is 11.8. The van der Waals surface area contributed by atoms with Gasteiger partial charge in [0.2, 0.25) is 0 Å². The predicted octanol–water partition coefficient (Wildman–Crippen LogP) is 3.42. The highest BCUT2D eigenvalue weighted by Gasteiger charge is 1.97. The van der Waals surface area contributed by atoms with Crippen LogP contribution in [0.5, 0.6) is 0 Å². The van der Waals surface area contributed by atoms with Gasteiger partial charge in [0.05, 0.1) is 0 Å². The number of hydrogen-bond acceptors (Lipinski definition) is 1. The standard InChI is InChI=1S/C15H16FN/c1-12-4-2-3-5-14(12)11-17-10-13-6-8-15(16)9-7-13/h2-9,17H,10-11H2,1H3. The van der Waals surface area contributed by atoms with Gasteiger partial charge in [0.25, 0.3) is 0 Å². The highest BCUT2D eigenvalue weighted by molar-refractivity contribution is 5.25. The monoisotopic (exact) mass is 229 g/mol. The van der Waals surface area contributed by atoms with Crippen LogP contribution in [0.25, 0.3) is 0 Å². The molecule has 2 rings (SSSR count). The minimum absolute atomic E-state index is 0.187. The van der Waals surface area contributed by atoms with Crippen LogP contribution in [0.3, 0.4) is 0 Å². The second-order valence-electron chi connectivity index (χ2n) is 4.16. The summed E-state index contributed by atoms with van der Waals surface area (Å²) in [6, 6.07) is 14.9. The Kier molecular flexibility index (Phi) is 3.89. The molecular formula is C15H16FN. The van der Waals surface area contributed by atoms with Crippen LogP contribution in [0.4, 0.5) is 4.39 Å². The van der Waals surface area contributed by atoms with Crippen molar-refractivity contribution in [3.63, 3.8) is 0 Å². The molecule has 0 aromatic heterocycles. The zero-order chi connectivity index (χ0) is 12.1. The number of rotatable bonds is 4. The van der Waals surface area contributed by atoms with E-state index in [4.69, 9.17) is 0 Å². The van der Waals surface area contributed by atoms with E-state index in [9.17, 15) is 4.39 Å². The average molecular weight is 229 g/mol. The van der Waals surface area contributed by atoms with Crippen molar-refractivity contribution in [3.8, 4) is 0 Å². The summed E-state index contributed by atoms with van der Waals surface area (Å²) in [6.45, 7) is 3.70. The number of benzene rings is 2. The van der Waals surface area contributed by atoms with Gasteiger partial charge in [0.1, 0.15) is 5.82 Å². The number of hydrogen-bond donors (Lipinski definition) is 1. The molecule has 88 valence electrons. The van der Waals surface area contributed by atoms with Gasteiger partial charge < -0.3 is 5.32 Å². The molecule has 0 bridgehead atoms. The fourth-order valence-corrected chi connectivity index (χ4v) is 1.75. The molecule has 0 saturated carbocycles. The second kappa shape index (κ2) is 5.60. The summed E-state index contributed by atoms with van der Waals surface area (Å²) >= 11 is 0. The summed E-state index contributed by atoms with van der Waals surface area (Å²) in [6.07, 6.45) is 0. The quantitative estimate of drug-likeness (QED) is 0.847. The van der Waals surface area contributed by atoms with Gasteiger partial charge in [-0.3, -0.25) is 0 Å². The first-order valence-corrected chi connectivity index (χ1v) is 5.75. The Morgan fingerprint density at radius 3 is 2.35 bits per heavy atom. The lowest BCUT2D eigenvalue weighted by Crippen LogP contribution is -2.13. The fourth-order valence-electron chi connectivity index (χ4n) is 1.75. The molecule has 0 amide bonds. The third kappa shape index (κ3) is 3.40. The molecule has 0 heterocycles. The molecular weight excluding hydrogens is 213 g/mol. The molecule has 1 N–H and O–H groups in total. The SMILES string of the molecule is Cc1ccccc1CNCc1ccc(F)cc1. The van der Waals surface area contributed by atoms with Gasteiger partial charge >= 0.3 is 0 Å². The van der Waals surface area contributed by atoms with Crippen molar-refractivity contribution in [2.45, 2.75) is 20.0 Å². The summed E-state index contributed by atoms with van der Waals surface area (Å²) in [4.78, 5) is 0. The summed E-state index contributed by atoms with van der Waals surface area (Å²) in [5.41, 5.74) is 3.69. The van der Waals surface area contributed by atoms with Crippen molar-refractivity contribution < 1.29 is 4.39 Å². The van der Waals surface area contributed by atoms with E-state index in [1.807, 2.05) is 12.1 Å². The lowest BCUT2D eigenvalue weighted by atomic mass is 10.1. The molecule has 0 spiro atoms. The minimum Gasteiger partial charge on any atom is -0.309 e. The summed E-state index contributed by atoms with van der Waals surface area (Å²) < 4.78 is 12.7. The van der Waals surface area contributed by atoms with E-state index in [1.54, 1.807) is 12.1 Å². The highest BCUT2D eigenvalue weighted by atomic mass is 19.1. The van der Waals surface area contributed by atoms with E-state index in [0.29, 0.717) is 0 Å². The van der Waals surface area contributed by atoms with Crippen LogP contribution in [0.1, 0.15) is 16.7 Å². The Morgan fingerprint density at radius 1 is 0.941 bits per heavy atom. The van der Waals surface area contributed by atoms with Crippen LogP contribution < -0.4 is 5.32 Å². The normalized spacial score (nSPS) is 10.5. The van der Waals surface area contributed by atoms with Crippen LogP contribution in [0.2, 0.25) is 0 Å². The zero-order valence-electron chi connectivity index (χ0n) is 9.91. The summed E-state index contributed by atoms with van der Waals surface area (Å²) in [5.74, 6) is -0.187. The van der Waals surface area contributed by atoms with E-state index < -0.39 is 0 Å². The van der Waals surface area contributed by atoms with Crippen molar-refractivity contribution in [3.05, 3.63) is 71.0 Å². The van der Waals surface area contributed by atoms with Crippen molar-refractivity contribution in [2.24, 2.45) is 0 Å². The second-order valence-corrected chi connectivity index (χ2v) is 4.16. The molecule has 0 radical (unpaired) electrons. The first-order valence-electron chi connectivity index (χ1n) is 5.75. The smallest absolute Gasteiger partial charge is 0.123 e. The number of nitrogens with one attached hydrogen (secondary N) is 1. The van der Waals surface area contributed by atoms with E-state index >= 15 is 0 Å². The van der Waals surface area contributed by atoms with E-state index in [1.165, 1.54) is 23.3 Å². The molecule has 0 aliphatic heterocycles. The van der Waals surface area contributed by atoms with Crippen LogP contribution in [0, 0.1) is 12.7 Å². The maximum atomic E-state index is 12.7. The van der Waals surface area contributed by atoms with Crippen LogP contribution in [0.15, 0.2) is 48.5 Å². The molecule has 2 heteroatoms. The minimum atomic E-state index is -0.187. The van der Waals surface area contributed by atoms with Gasteiger partial charge in [-0.15, -0.1) is 0 Å². The summed E-state index contributed by atoms with van der Waals surface area (Å²) in [5, 5.41) is 3.36. The van der Waals surface area contributed by atoms with Crippen LogP contribution >= 0.6 is 0 Å². The molecule has 0 aliphatic carbocycles. The summed E-state index contributed by atoms with van der Waals surface area (Å²) in [7, 11) is 0. The molecule has 17 heavy (non-hydrogen) atoms. The maximum absolute atomic E-state index is 12.7. The van der Waals surface area contributed by atoms with Crippen LogP contribution in [-0.4, -0.2) is 0 Å². The maximum Gasteiger partial charge on any atom is 0.123 e. The van der Waals surface area contributed by atoms with Crippen LogP contribution in [-0.2, 0) is 13.1 Å². The lowest BCUT2D eigenvalue weighted by molar-refractivity contribution is 0.625. The Labute approximate surface area is 101 Å². The third-order valence-electron chi connectivity index (χ3n) is 2.82. The fraction of sp³-hybridized carbons (Fsp3) is 0.200. The van der Waals surface area contributed by atoms with E-state index in [0.717, 1.165) is 18.7 Å². The molecule has 0 saturated heterocycles. The van der Waals surface area contributed by atoms with Crippen molar-refractivity contribution in [1.29, 1.82) is 0 Å². The first-order chi connectivity index (χ1) is 8.25. The van der Waals surface area contributed by atoms with Gasteiger partial charge in [-0.2, -0.15) is 0 Å². The highest BCUT2D eigenvalue weighted by Crippen LogP contribution is 2.07. The lowest BCUT2D eigenvalue weighted by Gasteiger charge is -2.07. The molecule has 0 fully saturated rings. The number of halogens is 1. The molecule has 0 unspecified atom stereocenters. The van der Waals surface area contributed by atoms with Crippen molar-refractivity contribution >= 4 is 0 Å². The largest absolute Gasteiger partial charge is 0.309 e. The molecule has 0 aliphatic rings. The Morgan fingerprint density at radius 2 is 1.65 bits per heavy atom. The van der Waals surface area contributed by atoms with Gasteiger partial charge in [0, 0.05) is 13.1 Å². The van der Waals surface area contributed by atoms with Gasteiger partial charge in [-0.25, -0.2) is 4.39 Å². The Balaban J connectivity index is 1.88. The predicted molar refractivity (Wildman–Crippen MR) is 68.1 cm³/mol. The van der Waals surface area contributed by atoms with Crippen molar-refractivity contribution in [1.82, 2.24) is 5.32 Å². The molecule has 0 atom stereocenters. The molecule has 2 aromatic carbocycles. The van der Waals surface area contributed by atoms with E-state index in [2.05, 4.69) is 24.4 Å². The van der Waals surface area contributed by atoms with Gasteiger partial charge in [-0.1, -0.05) is 36.4 Å². The Bertz CT molecular complexity index is 477. The third-order valence-corrected chi connectivity index (χ3v) is 2.82. The molecule has 1 nitrogen and oxygen atoms in total. The number of aryl methyl sites for hydroxylation is 1.